The molecule has 3 aromatic heterocycles. The molecule has 2 fully saturated rings. The van der Waals surface area contributed by atoms with Crippen molar-refractivity contribution in [2.24, 2.45) is 11.8 Å². The first-order valence-electron chi connectivity index (χ1n) is 12.7. The molecular weight excluding hydrogens is 514 g/mol. The Hall–Kier alpha value is -2.42. The zero-order valence-electron chi connectivity index (χ0n) is 20.3. The minimum Gasteiger partial charge on any atom is -0.395 e. The number of fused-ring (bicyclic) bond motifs is 2. The lowest BCUT2D eigenvalue weighted by atomic mass is 9.98. The average Bonchev–Trinajstić information content (AvgIpc) is 3.66. The van der Waals surface area contributed by atoms with Crippen molar-refractivity contribution in [3.8, 4) is 10.6 Å². The van der Waals surface area contributed by atoms with E-state index in [1.54, 1.807) is 0 Å². The van der Waals surface area contributed by atoms with Gasteiger partial charge < -0.3 is 20.5 Å². The Balaban J connectivity index is 1.22. The number of nitrogens with zero attached hydrogens (tertiary/aromatic N) is 4. The molecule has 1 saturated heterocycles. The highest BCUT2D eigenvalue weighted by atomic mass is 32.2. The van der Waals surface area contributed by atoms with E-state index in [2.05, 4.69) is 30.2 Å². The molecule has 0 spiro atoms. The van der Waals surface area contributed by atoms with Gasteiger partial charge in [0.1, 0.15) is 10.7 Å². The zero-order valence-corrected chi connectivity index (χ0v) is 21.9. The third kappa shape index (κ3) is 4.91. The molecule has 2 aliphatic carbocycles. The van der Waals surface area contributed by atoms with Crippen molar-refractivity contribution >= 4 is 43.8 Å². The summed E-state index contributed by atoms with van der Waals surface area (Å²) in [6.45, 7) is 0.796. The van der Waals surface area contributed by atoms with Crippen LogP contribution < -0.4 is 10.0 Å². The molecule has 0 aromatic carbocycles. The normalized spacial score (nSPS) is 26.5. The van der Waals surface area contributed by atoms with Gasteiger partial charge in [-0.1, -0.05) is 11.3 Å². The largest absolute Gasteiger partial charge is 0.395 e. The number of allylic oxidation sites excluding steroid dienone is 1. The SMILES string of the molecule is O=S(=O)(NCCO)N1C[C@H]2CC(Nc3c(-c4nnc(C5=CC(O)CCC5)s4)cnc4[nH]ccc34)C[C@H]2C1. The molecular formula is C24H31N7O4S2. The highest BCUT2D eigenvalue weighted by Gasteiger charge is 2.44. The van der Waals surface area contributed by atoms with Gasteiger partial charge in [0.05, 0.1) is 24.0 Å². The van der Waals surface area contributed by atoms with Gasteiger partial charge in [0, 0.05) is 43.5 Å². The number of H-pyrrole nitrogens is 1. The van der Waals surface area contributed by atoms with Crippen LogP contribution in [0.15, 0.2) is 24.5 Å². The van der Waals surface area contributed by atoms with Crippen LogP contribution in [0.2, 0.25) is 0 Å². The molecule has 11 nitrogen and oxygen atoms in total. The van der Waals surface area contributed by atoms with E-state index in [0.29, 0.717) is 13.1 Å². The lowest BCUT2D eigenvalue weighted by Gasteiger charge is -2.21. The fourth-order valence-electron chi connectivity index (χ4n) is 5.91. The zero-order chi connectivity index (χ0) is 25.6. The molecule has 0 amide bonds. The van der Waals surface area contributed by atoms with Gasteiger partial charge in [0.25, 0.3) is 10.2 Å². The lowest BCUT2D eigenvalue weighted by molar-refractivity contribution is 0.206. The summed E-state index contributed by atoms with van der Waals surface area (Å²) in [5.74, 6) is 0.570. The average molecular weight is 546 g/mol. The van der Waals surface area contributed by atoms with Gasteiger partial charge in [-0.2, -0.15) is 17.4 Å². The van der Waals surface area contributed by atoms with E-state index in [0.717, 1.165) is 70.0 Å². The molecule has 5 N–H and O–H groups in total. The van der Waals surface area contributed by atoms with Crippen LogP contribution in [0.5, 0.6) is 0 Å². The van der Waals surface area contributed by atoms with Gasteiger partial charge in [0.15, 0.2) is 5.01 Å². The molecule has 1 aliphatic heterocycles. The predicted molar refractivity (Wildman–Crippen MR) is 142 cm³/mol. The molecule has 0 radical (unpaired) electrons. The Morgan fingerprint density at radius 1 is 1.19 bits per heavy atom. The van der Waals surface area contributed by atoms with Crippen LogP contribution in [0.3, 0.4) is 0 Å². The maximum atomic E-state index is 12.5. The summed E-state index contributed by atoms with van der Waals surface area (Å²) >= 11 is 1.51. The summed E-state index contributed by atoms with van der Waals surface area (Å²) in [5, 5.41) is 34.3. The number of hydrogen-bond donors (Lipinski definition) is 5. The fourth-order valence-corrected chi connectivity index (χ4v) is 8.13. The van der Waals surface area contributed by atoms with Crippen LogP contribution in [0.25, 0.3) is 27.2 Å². The Morgan fingerprint density at radius 2 is 1.97 bits per heavy atom. The maximum Gasteiger partial charge on any atom is 0.279 e. The smallest absolute Gasteiger partial charge is 0.279 e. The van der Waals surface area contributed by atoms with Crippen LogP contribution in [0, 0.1) is 11.8 Å². The lowest BCUT2D eigenvalue weighted by Crippen LogP contribution is -2.41. The molecule has 0 bridgehead atoms. The number of anilines is 1. The molecule has 4 heterocycles. The standard InChI is InChI=1S/C24H31N7O4S2/c32-7-6-27-37(34,35)31-12-15-8-17(9-16(15)13-31)28-21-19-4-5-25-22(19)26-11-20(21)24-30-29-23(36-24)14-2-1-3-18(33)10-14/h4-5,10-11,15-18,27,32-33H,1-3,6-9,12-13H2,(H2,25,26,28)/t15-,16+,17?,18?. The van der Waals surface area contributed by atoms with Gasteiger partial charge in [0.2, 0.25) is 0 Å². The van der Waals surface area contributed by atoms with Crippen LogP contribution in [-0.2, 0) is 10.2 Å². The van der Waals surface area contributed by atoms with E-state index >= 15 is 0 Å². The van der Waals surface area contributed by atoms with Crippen molar-refractivity contribution in [3.63, 3.8) is 0 Å². The Bertz CT molecular complexity index is 1410. The molecule has 3 aromatic rings. The summed E-state index contributed by atoms with van der Waals surface area (Å²) in [6, 6.07) is 2.21. The van der Waals surface area contributed by atoms with Crippen LogP contribution in [-0.4, -0.2) is 81.5 Å². The van der Waals surface area contributed by atoms with Gasteiger partial charge in [-0.3, -0.25) is 0 Å². The van der Waals surface area contributed by atoms with Crippen molar-refractivity contribution in [3.05, 3.63) is 29.5 Å². The van der Waals surface area contributed by atoms with Crippen molar-refractivity contribution in [2.45, 2.75) is 44.2 Å². The number of aliphatic hydroxyl groups excluding tert-OH is 2. The number of aromatic amines is 1. The van der Waals surface area contributed by atoms with Crippen molar-refractivity contribution < 1.29 is 18.6 Å². The molecule has 6 rings (SSSR count). The van der Waals surface area contributed by atoms with Gasteiger partial charge in [-0.15, -0.1) is 10.2 Å². The summed E-state index contributed by atoms with van der Waals surface area (Å²) < 4.78 is 29.0. The second-order valence-electron chi connectivity index (χ2n) is 10.1. The molecule has 3 aliphatic rings. The molecule has 37 heavy (non-hydrogen) atoms. The van der Waals surface area contributed by atoms with Gasteiger partial charge >= 0.3 is 0 Å². The molecule has 4 atom stereocenters. The summed E-state index contributed by atoms with van der Waals surface area (Å²) in [4.78, 5) is 7.78. The highest BCUT2D eigenvalue weighted by Crippen LogP contribution is 2.43. The predicted octanol–water partition coefficient (Wildman–Crippen LogP) is 1.96. The summed E-state index contributed by atoms with van der Waals surface area (Å²) in [7, 11) is -3.56. The summed E-state index contributed by atoms with van der Waals surface area (Å²) in [6.07, 6.45) is 9.51. The van der Waals surface area contributed by atoms with Gasteiger partial charge in [-0.25, -0.2) is 4.98 Å². The number of aliphatic hydroxyl groups is 2. The monoisotopic (exact) mass is 545 g/mol. The second-order valence-corrected chi connectivity index (χ2v) is 12.9. The number of rotatable bonds is 8. The van der Waals surface area contributed by atoms with Crippen molar-refractivity contribution in [1.29, 1.82) is 0 Å². The first kappa shape index (κ1) is 24.9. The Labute approximate surface area is 219 Å². The second kappa shape index (κ2) is 10.0. The van der Waals surface area contributed by atoms with E-state index in [-0.39, 0.29) is 31.0 Å². The first-order chi connectivity index (χ1) is 17.9. The molecule has 2 unspecified atom stereocenters. The third-order valence-electron chi connectivity index (χ3n) is 7.66. The number of pyridine rings is 1. The minimum atomic E-state index is -3.56. The molecule has 198 valence electrons. The topological polar surface area (TPSA) is 156 Å². The number of hydrogen-bond acceptors (Lipinski definition) is 9. The van der Waals surface area contributed by atoms with Crippen LogP contribution in [0.1, 0.15) is 37.1 Å². The van der Waals surface area contributed by atoms with Crippen LogP contribution >= 0.6 is 11.3 Å². The van der Waals surface area contributed by atoms with E-state index in [4.69, 9.17) is 5.11 Å². The maximum absolute atomic E-state index is 12.5. The van der Waals surface area contributed by atoms with Crippen molar-refractivity contribution in [2.75, 3.05) is 31.6 Å². The molecule has 13 heteroatoms. The number of aromatic nitrogens is 4. The van der Waals surface area contributed by atoms with E-state index in [1.165, 1.54) is 15.6 Å². The minimum absolute atomic E-state index is 0.0288. The first-order valence-corrected chi connectivity index (χ1v) is 15.0. The van der Waals surface area contributed by atoms with Gasteiger partial charge in [-0.05, 0) is 61.7 Å². The van der Waals surface area contributed by atoms with Crippen LogP contribution in [0.4, 0.5) is 5.69 Å². The Kier molecular flexibility index (Phi) is 6.75. The summed E-state index contributed by atoms with van der Waals surface area (Å²) in [5.41, 5.74) is 3.69. The Morgan fingerprint density at radius 3 is 2.73 bits per heavy atom. The van der Waals surface area contributed by atoms with E-state index in [1.807, 2.05) is 24.5 Å². The third-order valence-corrected chi connectivity index (χ3v) is 10.2. The van der Waals surface area contributed by atoms with E-state index < -0.39 is 16.3 Å². The number of nitrogens with one attached hydrogen (secondary N) is 3. The fraction of sp³-hybridized carbons (Fsp3) is 0.542. The quantitative estimate of drug-likeness (QED) is 0.288. The van der Waals surface area contributed by atoms with Crippen molar-refractivity contribution in [1.82, 2.24) is 29.2 Å². The molecule has 1 saturated carbocycles. The highest BCUT2D eigenvalue weighted by molar-refractivity contribution is 7.87. The van der Waals surface area contributed by atoms with E-state index in [9.17, 15) is 13.5 Å².